The van der Waals surface area contributed by atoms with Crippen LogP contribution in [0.15, 0.2) is 24.3 Å². The number of anilines is 2. The molecule has 2 atom stereocenters. The first-order valence-electron chi connectivity index (χ1n) is 7.05. The fourth-order valence-electron chi connectivity index (χ4n) is 1.77. The van der Waals surface area contributed by atoms with Crippen LogP contribution < -0.4 is 15.8 Å². The number of aryl methyl sites for hydroxylation is 1. The van der Waals surface area contributed by atoms with Crippen molar-refractivity contribution in [2.24, 2.45) is 0 Å². The van der Waals surface area contributed by atoms with Crippen molar-refractivity contribution in [2.45, 2.75) is 33.0 Å². The first-order chi connectivity index (χ1) is 10.4. The number of aromatic nitrogens is 3. The maximum atomic E-state index is 13.3. The molecule has 2 unspecified atom stereocenters. The Morgan fingerprint density at radius 1 is 1.18 bits per heavy atom. The number of halogens is 1. The van der Waals surface area contributed by atoms with Crippen LogP contribution in [0.25, 0.3) is 0 Å². The molecule has 0 spiro atoms. The fraction of sp³-hybridized carbons (Fsp3) is 0.400. The van der Waals surface area contributed by atoms with Gasteiger partial charge in [-0.3, -0.25) is 0 Å². The molecule has 22 heavy (non-hydrogen) atoms. The van der Waals surface area contributed by atoms with Crippen LogP contribution in [0.4, 0.5) is 16.3 Å². The van der Waals surface area contributed by atoms with Gasteiger partial charge in [0, 0.05) is 0 Å². The molecule has 0 saturated heterocycles. The largest absolute Gasteiger partial charge is 0.491 e. The average Bonchev–Trinajstić information content (AvgIpc) is 2.46. The molecule has 0 saturated carbocycles. The van der Waals surface area contributed by atoms with Crippen molar-refractivity contribution >= 4 is 11.9 Å². The highest BCUT2D eigenvalue weighted by molar-refractivity contribution is 5.32. The van der Waals surface area contributed by atoms with Crippen molar-refractivity contribution in [3.63, 3.8) is 0 Å². The lowest BCUT2D eigenvalue weighted by atomic mass is 10.2. The second-order valence-corrected chi connectivity index (χ2v) is 5.16. The number of alkyl halides is 1. The van der Waals surface area contributed by atoms with Crippen molar-refractivity contribution in [3.8, 4) is 5.75 Å². The van der Waals surface area contributed by atoms with Crippen molar-refractivity contribution in [1.82, 2.24) is 15.0 Å². The van der Waals surface area contributed by atoms with Crippen molar-refractivity contribution in [2.75, 3.05) is 17.7 Å². The summed E-state index contributed by atoms with van der Waals surface area (Å²) in [6.45, 7) is 5.69. The molecule has 0 bridgehead atoms. The molecule has 1 aromatic heterocycles. The minimum Gasteiger partial charge on any atom is -0.491 e. The quantitative estimate of drug-likeness (QED) is 0.853. The topological polar surface area (TPSA) is 86.0 Å². The Morgan fingerprint density at radius 2 is 1.86 bits per heavy atom. The fourth-order valence-corrected chi connectivity index (χ4v) is 1.77. The maximum absolute atomic E-state index is 13.3. The Bertz CT molecular complexity index is 618. The molecule has 2 aromatic rings. The molecule has 6 nitrogen and oxygen atoms in total. The Balaban J connectivity index is 1.94. The van der Waals surface area contributed by atoms with E-state index in [1.165, 1.54) is 12.5 Å². The van der Waals surface area contributed by atoms with Gasteiger partial charge in [0.05, 0.1) is 6.04 Å². The Kier molecular flexibility index (Phi) is 5.08. The van der Waals surface area contributed by atoms with E-state index >= 15 is 0 Å². The Labute approximate surface area is 129 Å². The highest BCUT2D eigenvalue weighted by Crippen LogP contribution is 2.15. The molecule has 118 valence electrons. The Hall–Kier alpha value is -2.44. The molecular weight excluding hydrogens is 285 g/mol. The van der Waals surface area contributed by atoms with E-state index in [1.54, 1.807) is 0 Å². The summed E-state index contributed by atoms with van der Waals surface area (Å²) in [7, 11) is 0. The van der Waals surface area contributed by atoms with Crippen LogP contribution in [0.5, 0.6) is 5.75 Å². The SMILES string of the molecule is Cc1ccc(OCC(C)Nc2nc(N)nc(C(C)F)n2)cc1. The zero-order chi connectivity index (χ0) is 16.1. The molecule has 7 heteroatoms. The van der Waals surface area contributed by atoms with Crippen molar-refractivity contribution in [1.29, 1.82) is 0 Å². The summed E-state index contributed by atoms with van der Waals surface area (Å²) in [4.78, 5) is 11.7. The van der Waals surface area contributed by atoms with Crippen LogP contribution in [0.2, 0.25) is 0 Å². The predicted octanol–water partition coefficient (Wildman–Crippen LogP) is 2.67. The first kappa shape index (κ1) is 15.9. The molecule has 0 radical (unpaired) electrons. The molecule has 0 aliphatic carbocycles. The first-order valence-corrected chi connectivity index (χ1v) is 7.05. The van der Waals surface area contributed by atoms with Gasteiger partial charge in [0.25, 0.3) is 0 Å². The number of benzene rings is 1. The summed E-state index contributed by atoms with van der Waals surface area (Å²) in [5.74, 6) is 1.03. The Morgan fingerprint density at radius 3 is 2.50 bits per heavy atom. The molecule has 3 N–H and O–H groups in total. The van der Waals surface area contributed by atoms with Crippen LogP contribution in [-0.2, 0) is 0 Å². The normalized spacial score (nSPS) is 13.5. The molecule has 1 aromatic carbocycles. The summed E-state index contributed by atoms with van der Waals surface area (Å²) in [6, 6.07) is 7.70. The second-order valence-electron chi connectivity index (χ2n) is 5.16. The van der Waals surface area contributed by atoms with Gasteiger partial charge in [-0.05, 0) is 32.9 Å². The number of nitrogen functional groups attached to an aromatic ring is 1. The van der Waals surface area contributed by atoms with Gasteiger partial charge in [-0.25, -0.2) is 4.39 Å². The number of nitrogens with one attached hydrogen (secondary N) is 1. The average molecular weight is 305 g/mol. The summed E-state index contributed by atoms with van der Waals surface area (Å²) < 4.78 is 18.9. The molecular formula is C15H20FN5O. The van der Waals surface area contributed by atoms with E-state index in [4.69, 9.17) is 10.5 Å². The van der Waals surface area contributed by atoms with Gasteiger partial charge in [0.2, 0.25) is 11.9 Å². The third-order valence-electron chi connectivity index (χ3n) is 2.92. The third-order valence-corrected chi connectivity index (χ3v) is 2.92. The van der Waals surface area contributed by atoms with E-state index in [2.05, 4.69) is 20.3 Å². The summed E-state index contributed by atoms with van der Waals surface area (Å²) >= 11 is 0. The van der Waals surface area contributed by atoms with Gasteiger partial charge in [0.1, 0.15) is 12.4 Å². The lowest BCUT2D eigenvalue weighted by molar-refractivity contribution is 0.303. The maximum Gasteiger partial charge on any atom is 0.228 e. The predicted molar refractivity (Wildman–Crippen MR) is 83.5 cm³/mol. The molecule has 2 rings (SSSR count). The number of hydrogen-bond donors (Lipinski definition) is 2. The smallest absolute Gasteiger partial charge is 0.228 e. The number of nitrogens with two attached hydrogens (primary N) is 1. The molecule has 0 aliphatic heterocycles. The van der Waals surface area contributed by atoms with Gasteiger partial charge in [-0.15, -0.1) is 0 Å². The zero-order valence-electron chi connectivity index (χ0n) is 12.9. The van der Waals surface area contributed by atoms with E-state index in [0.29, 0.717) is 6.61 Å². The third kappa shape index (κ3) is 4.54. The van der Waals surface area contributed by atoms with Crippen LogP contribution in [-0.4, -0.2) is 27.6 Å². The molecule has 0 fully saturated rings. The van der Waals surface area contributed by atoms with E-state index in [1.807, 2.05) is 38.1 Å². The van der Waals surface area contributed by atoms with Gasteiger partial charge < -0.3 is 15.8 Å². The monoisotopic (exact) mass is 305 g/mol. The summed E-state index contributed by atoms with van der Waals surface area (Å²) in [6.07, 6.45) is -1.30. The van der Waals surface area contributed by atoms with E-state index in [0.717, 1.165) is 5.75 Å². The van der Waals surface area contributed by atoms with Gasteiger partial charge >= 0.3 is 0 Å². The van der Waals surface area contributed by atoms with Crippen LogP contribution in [0.3, 0.4) is 0 Å². The lowest BCUT2D eigenvalue weighted by Crippen LogP contribution is -2.25. The highest BCUT2D eigenvalue weighted by atomic mass is 19.1. The number of nitrogens with zero attached hydrogens (tertiary/aromatic N) is 3. The standard InChI is InChI=1S/C15H20FN5O/c1-9-4-6-12(7-5-9)22-8-10(2)18-15-20-13(11(3)16)19-14(17)21-15/h4-7,10-11H,8H2,1-3H3,(H3,17,18,19,20,21). The summed E-state index contributed by atoms with van der Waals surface area (Å²) in [5.41, 5.74) is 6.73. The summed E-state index contributed by atoms with van der Waals surface area (Å²) in [5, 5.41) is 3.03. The van der Waals surface area contributed by atoms with Gasteiger partial charge in [-0.1, -0.05) is 17.7 Å². The van der Waals surface area contributed by atoms with Crippen molar-refractivity contribution in [3.05, 3.63) is 35.7 Å². The minimum atomic E-state index is -1.30. The van der Waals surface area contributed by atoms with Crippen molar-refractivity contribution < 1.29 is 9.13 Å². The van der Waals surface area contributed by atoms with E-state index in [9.17, 15) is 4.39 Å². The van der Waals surface area contributed by atoms with Crippen LogP contribution in [0, 0.1) is 6.92 Å². The lowest BCUT2D eigenvalue weighted by Gasteiger charge is -2.15. The number of rotatable bonds is 6. The van der Waals surface area contributed by atoms with E-state index in [-0.39, 0.29) is 23.8 Å². The van der Waals surface area contributed by atoms with Gasteiger partial charge in [0.15, 0.2) is 12.0 Å². The minimum absolute atomic E-state index is 0.0105. The highest BCUT2D eigenvalue weighted by Gasteiger charge is 2.12. The second kappa shape index (κ2) is 7.02. The van der Waals surface area contributed by atoms with Crippen LogP contribution in [0.1, 0.15) is 31.4 Å². The van der Waals surface area contributed by atoms with E-state index < -0.39 is 6.17 Å². The zero-order valence-corrected chi connectivity index (χ0v) is 12.9. The molecule has 0 aliphatic rings. The van der Waals surface area contributed by atoms with Gasteiger partial charge in [-0.2, -0.15) is 15.0 Å². The number of ether oxygens (including phenoxy) is 1. The van der Waals surface area contributed by atoms with Crippen LogP contribution >= 0.6 is 0 Å². The molecule has 1 heterocycles. The number of hydrogen-bond acceptors (Lipinski definition) is 6. The molecule has 0 amide bonds.